The Hall–Kier alpha value is -1.80. The van der Waals surface area contributed by atoms with Crippen molar-refractivity contribution in [1.82, 2.24) is 4.98 Å². The minimum atomic E-state index is -0.373. The van der Waals surface area contributed by atoms with Crippen LogP contribution in [0.2, 0.25) is 0 Å². The molecule has 3 rings (SSSR count). The first-order valence-corrected chi connectivity index (χ1v) is 7.40. The highest BCUT2D eigenvalue weighted by atomic mass is 32.1. The molecule has 4 nitrogen and oxygen atoms in total. The van der Waals surface area contributed by atoms with Gasteiger partial charge in [-0.1, -0.05) is 12.8 Å². The molecule has 0 aliphatic heterocycles. The van der Waals surface area contributed by atoms with Crippen molar-refractivity contribution in [1.29, 1.82) is 5.26 Å². The Labute approximate surface area is 114 Å². The van der Waals surface area contributed by atoms with Gasteiger partial charge in [0.2, 0.25) is 0 Å². The number of aryl methyl sites for hydroxylation is 2. The number of nitriles is 1. The van der Waals surface area contributed by atoms with Crippen LogP contribution in [0.15, 0.2) is 4.79 Å². The number of rotatable bonds is 0. The number of H-pyrrole nitrogens is 1. The molecule has 5 heteroatoms. The number of nitrogen functional groups attached to an aromatic ring is 1. The largest absolute Gasteiger partial charge is 0.397 e. The van der Waals surface area contributed by atoms with Crippen LogP contribution < -0.4 is 11.3 Å². The van der Waals surface area contributed by atoms with Crippen LogP contribution >= 0.6 is 11.3 Å². The molecule has 3 N–H and O–H groups in total. The molecule has 2 aromatic heterocycles. The summed E-state index contributed by atoms with van der Waals surface area (Å²) in [6.45, 7) is 0. The second-order valence-corrected chi connectivity index (χ2v) is 6.08. The summed E-state index contributed by atoms with van der Waals surface area (Å²) >= 11 is 1.62. The number of aromatic amines is 1. The van der Waals surface area contributed by atoms with Crippen molar-refractivity contribution >= 4 is 27.2 Å². The van der Waals surface area contributed by atoms with Crippen LogP contribution in [0.3, 0.4) is 0 Å². The Morgan fingerprint density at radius 2 is 1.95 bits per heavy atom. The van der Waals surface area contributed by atoms with E-state index in [9.17, 15) is 4.79 Å². The Morgan fingerprint density at radius 1 is 1.21 bits per heavy atom. The van der Waals surface area contributed by atoms with E-state index in [4.69, 9.17) is 11.0 Å². The maximum atomic E-state index is 11.8. The highest BCUT2D eigenvalue weighted by Crippen LogP contribution is 2.37. The van der Waals surface area contributed by atoms with Gasteiger partial charge in [0, 0.05) is 10.3 Å². The van der Waals surface area contributed by atoms with Crippen molar-refractivity contribution in [3.63, 3.8) is 0 Å². The molecule has 1 aliphatic rings. The Balaban J connectivity index is 2.32. The van der Waals surface area contributed by atoms with Gasteiger partial charge in [0.25, 0.3) is 5.56 Å². The minimum Gasteiger partial charge on any atom is -0.397 e. The van der Waals surface area contributed by atoms with Gasteiger partial charge in [-0.05, 0) is 31.2 Å². The average Bonchev–Trinajstić information content (AvgIpc) is 2.67. The smallest absolute Gasteiger partial charge is 0.269 e. The van der Waals surface area contributed by atoms with Gasteiger partial charge < -0.3 is 10.7 Å². The number of nitrogens with two attached hydrogens (primary N) is 1. The van der Waals surface area contributed by atoms with E-state index in [0.29, 0.717) is 5.69 Å². The second kappa shape index (κ2) is 4.71. The molecule has 0 spiro atoms. The molecule has 1 aliphatic carbocycles. The predicted molar refractivity (Wildman–Crippen MR) is 77.4 cm³/mol. The van der Waals surface area contributed by atoms with Crippen LogP contribution in [0.4, 0.5) is 5.69 Å². The summed E-state index contributed by atoms with van der Waals surface area (Å²) in [5.74, 6) is 0. The number of aromatic nitrogens is 1. The predicted octanol–water partition coefficient (Wildman–Crippen LogP) is 2.70. The Bertz CT molecular complexity index is 736. The van der Waals surface area contributed by atoms with Gasteiger partial charge in [-0.25, -0.2) is 0 Å². The SMILES string of the molecule is N#Cc1c(N)c2c3c(sc2[nH]c1=O)CCCCCC3. The molecule has 0 amide bonds. The first-order valence-electron chi connectivity index (χ1n) is 6.58. The van der Waals surface area contributed by atoms with Gasteiger partial charge in [-0.3, -0.25) is 4.79 Å². The van der Waals surface area contributed by atoms with Crippen LogP contribution in [-0.2, 0) is 12.8 Å². The fraction of sp³-hybridized carbons (Fsp3) is 0.429. The number of nitrogens with one attached hydrogen (secondary N) is 1. The van der Waals surface area contributed by atoms with E-state index in [1.807, 2.05) is 6.07 Å². The standard InChI is InChI=1S/C14H15N3OS/c15-7-9-12(16)11-8-5-3-1-2-4-6-10(8)19-14(11)17-13(9)18/h1-6H2,(H3,16,17,18). The number of pyridine rings is 1. The summed E-state index contributed by atoms with van der Waals surface area (Å²) in [4.78, 5) is 16.7. The van der Waals surface area contributed by atoms with E-state index in [1.54, 1.807) is 11.3 Å². The van der Waals surface area contributed by atoms with E-state index in [-0.39, 0.29) is 11.1 Å². The lowest BCUT2D eigenvalue weighted by Crippen LogP contribution is -2.12. The summed E-state index contributed by atoms with van der Waals surface area (Å²) in [6, 6.07) is 1.92. The normalized spacial score (nSPS) is 15.5. The summed E-state index contributed by atoms with van der Waals surface area (Å²) in [5.41, 5.74) is 7.35. The first kappa shape index (κ1) is 12.2. The zero-order valence-electron chi connectivity index (χ0n) is 10.6. The van der Waals surface area contributed by atoms with Gasteiger partial charge in [0.1, 0.15) is 16.5 Å². The van der Waals surface area contributed by atoms with Crippen molar-refractivity contribution in [2.45, 2.75) is 38.5 Å². The lowest BCUT2D eigenvalue weighted by Gasteiger charge is -2.10. The fourth-order valence-electron chi connectivity index (χ4n) is 2.82. The minimum absolute atomic E-state index is 0.0511. The number of fused-ring (bicyclic) bond motifs is 3. The quantitative estimate of drug-likeness (QED) is 0.774. The number of nitrogens with zero attached hydrogens (tertiary/aromatic N) is 1. The first-order chi connectivity index (χ1) is 9.22. The van der Waals surface area contributed by atoms with E-state index in [0.717, 1.165) is 29.5 Å². The Kier molecular flexibility index (Phi) is 3.03. The summed E-state index contributed by atoms with van der Waals surface area (Å²) in [7, 11) is 0. The molecule has 0 bridgehead atoms. The third-order valence-corrected chi connectivity index (χ3v) is 4.98. The summed E-state index contributed by atoms with van der Waals surface area (Å²) in [6.07, 6.45) is 6.90. The van der Waals surface area contributed by atoms with Crippen molar-refractivity contribution in [2.75, 3.05) is 5.73 Å². The molecule has 0 radical (unpaired) electrons. The van der Waals surface area contributed by atoms with Crippen molar-refractivity contribution in [2.24, 2.45) is 0 Å². The van der Waals surface area contributed by atoms with Crippen LogP contribution in [0.1, 0.15) is 41.7 Å². The number of hydrogen-bond acceptors (Lipinski definition) is 4. The lowest BCUT2D eigenvalue weighted by molar-refractivity contribution is 0.624. The summed E-state index contributed by atoms with van der Waals surface area (Å²) in [5, 5.41) is 9.97. The van der Waals surface area contributed by atoms with E-state index >= 15 is 0 Å². The maximum Gasteiger partial charge on any atom is 0.269 e. The highest BCUT2D eigenvalue weighted by Gasteiger charge is 2.19. The molecule has 0 unspecified atom stereocenters. The average molecular weight is 273 g/mol. The van der Waals surface area contributed by atoms with Gasteiger partial charge in [0.05, 0.1) is 5.69 Å². The third-order valence-electron chi connectivity index (χ3n) is 3.78. The zero-order chi connectivity index (χ0) is 13.4. The molecule has 0 aromatic carbocycles. The molecule has 0 saturated heterocycles. The summed E-state index contributed by atoms with van der Waals surface area (Å²) < 4.78 is 0. The van der Waals surface area contributed by atoms with E-state index < -0.39 is 0 Å². The van der Waals surface area contributed by atoms with Crippen molar-refractivity contribution in [3.8, 4) is 6.07 Å². The van der Waals surface area contributed by atoms with Crippen LogP contribution in [0.25, 0.3) is 10.2 Å². The highest BCUT2D eigenvalue weighted by molar-refractivity contribution is 7.19. The van der Waals surface area contributed by atoms with Gasteiger partial charge in [0.15, 0.2) is 0 Å². The van der Waals surface area contributed by atoms with Gasteiger partial charge in [-0.15, -0.1) is 11.3 Å². The number of thiophene rings is 1. The lowest BCUT2D eigenvalue weighted by atomic mass is 9.96. The fourth-order valence-corrected chi connectivity index (χ4v) is 4.12. The number of hydrogen-bond donors (Lipinski definition) is 2. The molecule has 98 valence electrons. The molecule has 19 heavy (non-hydrogen) atoms. The second-order valence-electron chi connectivity index (χ2n) is 4.98. The monoisotopic (exact) mass is 273 g/mol. The number of anilines is 1. The van der Waals surface area contributed by atoms with Crippen molar-refractivity contribution in [3.05, 3.63) is 26.4 Å². The molecular formula is C14H15N3OS. The van der Waals surface area contributed by atoms with E-state index in [2.05, 4.69) is 4.98 Å². The molecule has 0 saturated carbocycles. The molecule has 0 fully saturated rings. The zero-order valence-corrected chi connectivity index (χ0v) is 11.4. The molecular weight excluding hydrogens is 258 g/mol. The van der Waals surface area contributed by atoms with Crippen LogP contribution in [0.5, 0.6) is 0 Å². The topological polar surface area (TPSA) is 82.7 Å². The third kappa shape index (κ3) is 1.92. The molecule has 2 heterocycles. The van der Waals surface area contributed by atoms with Crippen LogP contribution in [0, 0.1) is 11.3 Å². The van der Waals surface area contributed by atoms with Crippen LogP contribution in [-0.4, -0.2) is 4.98 Å². The molecule has 0 atom stereocenters. The maximum absolute atomic E-state index is 11.8. The van der Waals surface area contributed by atoms with Gasteiger partial charge >= 0.3 is 0 Å². The van der Waals surface area contributed by atoms with Gasteiger partial charge in [-0.2, -0.15) is 5.26 Å². The molecule has 2 aromatic rings. The Morgan fingerprint density at radius 3 is 2.68 bits per heavy atom. The van der Waals surface area contributed by atoms with Crippen molar-refractivity contribution < 1.29 is 0 Å². The van der Waals surface area contributed by atoms with E-state index in [1.165, 1.54) is 29.7 Å².